The van der Waals surface area contributed by atoms with Gasteiger partial charge in [0, 0.05) is 12.7 Å². The molecule has 0 aliphatic rings. The van der Waals surface area contributed by atoms with E-state index in [0.29, 0.717) is 17.8 Å². The second kappa shape index (κ2) is 8.53. The summed E-state index contributed by atoms with van der Waals surface area (Å²) < 4.78 is 4.65. The number of ether oxygens (including phenoxy) is 1. The van der Waals surface area contributed by atoms with Crippen LogP contribution in [0.1, 0.15) is 21.6 Å². The average Bonchev–Trinajstić information content (AvgIpc) is 2.60. The largest absolute Gasteiger partial charge is 0.465 e. The Bertz CT molecular complexity index is 659. The average molecular weight is 313 g/mol. The Morgan fingerprint density at radius 2 is 1.91 bits per heavy atom. The van der Waals surface area contributed by atoms with E-state index in [0.717, 1.165) is 6.42 Å². The number of rotatable bonds is 6. The minimum absolute atomic E-state index is 0.238. The Kier molecular flexibility index (Phi) is 6.11. The minimum atomic E-state index is -0.430. The van der Waals surface area contributed by atoms with E-state index in [1.54, 1.807) is 12.1 Å². The van der Waals surface area contributed by atoms with Crippen molar-refractivity contribution in [1.29, 1.82) is 0 Å². The molecule has 2 rings (SSSR count). The molecule has 2 aromatic rings. The topological polar surface area (TPSA) is 80.3 Å². The normalized spacial score (nSPS) is 9.96. The number of methoxy groups -OCH3 is 1. The first-order valence-corrected chi connectivity index (χ1v) is 7.28. The van der Waals surface area contributed by atoms with E-state index in [1.807, 2.05) is 30.3 Å². The molecule has 1 aromatic heterocycles. The first kappa shape index (κ1) is 16.5. The smallest absolute Gasteiger partial charge is 0.337 e. The van der Waals surface area contributed by atoms with Crippen LogP contribution in [0.25, 0.3) is 0 Å². The van der Waals surface area contributed by atoms with Gasteiger partial charge in [0.05, 0.1) is 24.9 Å². The molecule has 0 fully saturated rings. The molecule has 2 N–H and O–H groups in total. The van der Waals surface area contributed by atoms with Gasteiger partial charge >= 0.3 is 12.0 Å². The monoisotopic (exact) mass is 313 g/mol. The van der Waals surface area contributed by atoms with Gasteiger partial charge in [-0.3, -0.25) is 4.98 Å². The summed E-state index contributed by atoms with van der Waals surface area (Å²) in [5.74, 6) is -0.430. The summed E-state index contributed by atoms with van der Waals surface area (Å²) in [5.41, 5.74) is 2.16. The third kappa shape index (κ3) is 5.43. The number of carbonyl (C=O) groups excluding carboxylic acids is 2. The molecular formula is C17H19N3O3. The van der Waals surface area contributed by atoms with E-state index < -0.39 is 5.97 Å². The van der Waals surface area contributed by atoms with E-state index in [9.17, 15) is 9.59 Å². The zero-order valence-electron chi connectivity index (χ0n) is 12.9. The molecule has 0 aliphatic heterocycles. The minimum Gasteiger partial charge on any atom is -0.465 e. The number of amides is 2. The van der Waals surface area contributed by atoms with Gasteiger partial charge < -0.3 is 15.4 Å². The standard InChI is InChI=1S/C17H19N3O3/c1-23-16(21)14-8-10-18-15(11-14)12-20-17(22)19-9-7-13-5-3-2-4-6-13/h2-6,8,10-11H,7,9,12H2,1H3,(H2,19,20,22). The van der Waals surface area contributed by atoms with Gasteiger partial charge in [-0.25, -0.2) is 9.59 Å². The Balaban J connectivity index is 1.75. The summed E-state index contributed by atoms with van der Waals surface area (Å²) in [6.45, 7) is 0.785. The summed E-state index contributed by atoms with van der Waals surface area (Å²) in [6, 6.07) is 12.8. The van der Waals surface area contributed by atoms with Gasteiger partial charge in [0.25, 0.3) is 0 Å². The van der Waals surface area contributed by atoms with Crippen LogP contribution < -0.4 is 10.6 Å². The van der Waals surface area contributed by atoms with Gasteiger partial charge in [-0.1, -0.05) is 30.3 Å². The van der Waals surface area contributed by atoms with Crippen molar-refractivity contribution in [2.24, 2.45) is 0 Å². The fourth-order valence-electron chi connectivity index (χ4n) is 2.02. The molecule has 6 heteroatoms. The number of benzene rings is 1. The SMILES string of the molecule is COC(=O)c1ccnc(CNC(=O)NCCc2ccccc2)c1. The number of hydrogen-bond acceptors (Lipinski definition) is 4. The Hall–Kier alpha value is -2.89. The van der Waals surface area contributed by atoms with Crippen LogP contribution in [0.15, 0.2) is 48.7 Å². The lowest BCUT2D eigenvalue weighted by Gasteiger charge is -2.08. The molecule has 23 heavy (non-hydrogen) atoms. The van der Waals surface area contributed by atoms with Crippen LogP contribution in [0.5, 0.6) is 0 Å². The predicted molar refractivity (Wildman–Crippen MR) is 86.0 cm³/mol. The van der Waals surface area contributed by atoms with Crippen LogP contribution in [0.2, 0.25) is 0 Å². The Morgan fingerprint density at radius 3 is 2.65 bits per heavy atom. The Morgan fingerprint density at radius 1 is 1.13 bits per heavy atom. The zero-order chi connectivity index (χ0) is 16.5. The molecule has 0 atom stereocenters. The lowest BCUT2D eigenvalue weighted by atomic mass is 10.1. The maximum Gasteiger partial charge on any atom is 0.337 e. The van der Waals surface area contributed by atoms with E-state index in [-0.39, 0.29) is 12.6 Å². The summed E-state index contributed by atoms with van der Waals surface area (Å²) in [6.07, 6.45) is 2.28. The fraction of sp³-hybridized carbons (Fsp3) is 0.235. The number of aromatic nitrogens is 1. The maximum absolute atomic E-state index is 11.7. The molecule has 6 nitrogen and oxygen atoms in total. The highest BCUT2D eigenvalue weighted by molar-refractivity contribution is 5.89. The maximum atomic E-state index is 11.7. The second-order valence-electron chi connectivity index (χ2n) is 4.87. The first-order chi connectivity index (χ1) is 11.2. The predicted octanol–water partition coefficient (Wildman–Crippen LogP) is 1.91. The highest BCUT2D eigenvalue weighted by atomic mass is 16.5. The van der Waals surface area contributed by atoms with Crippen molar-refractivity contribution in [2.75, 3.05) is 13.7 Å². The van der Waals surface area contributed by atoms with Crippen molar-refractivity contribution < 1.29 is 14.3 Å². The van der Waals surface area contributed by atoms with E-state index >= 15 is 0 Å². The van der Waals surface area contributed by atoms with Gasteiger partial charge in [0.2, 0.25) is 0 Å². The van der Waals surface area contributed by atoms with Crippen molar-refractivity contribution in [1.82, 2.24) is 15.6 Å². The zero-order valence-corrected chi connectivity index (χ0v) is 12.9. The molecule has 0 bridgehead atoms. The van der Waals surface area contributed by atoms with Crippen molar-refractivity contribution in [3.8, 4) is 0 Å². The molecule has 0 saturated carbocycles. The van der Waals surface area contributed by atoms with E-state index in [4.69, 9.17) is 0 Å². The van der Waals surface area contributed by atoms with Crippen molar-refractivity contribution in [3.63, 3.8) is 0 Å². The van der Waals surface area contributed by atoms with E-state index in [1.165, 1.54) is 18.9 Å². The van der Waals surface area contributed by atoms with Crippen LogP contribution in [0.4, 0.5) is 4.79 Å². The summed E-state index contributed by atoms with van der Waals surface area (Å²) in [4.78, 5) is 27.3. The quantitative estimate of drug-likeness (QED) is 0.798. The number of carbonyl (C=O) groups is 2. The Labute approximate surface area is 134 Å². The van der Waals surface area contributed by atoms with Gasteiger partial charge in [0.15, 0.2) is 0 Å². The van der Waals surface area contributed by atoms with E-state index in [2.05, 4.69) is 20.4 Å². The number of hydrogen-bond donors (Lipinski definition) is 2. The lowest BCUT2D eigenvalue weighted by molar-refractivity contribution is 0.0600. The molecular weight excluding hydrogens is 294 g/mol. The van der Waals surface area contributed by atoms with Crippen molar-refractivity contribution in [2.45, 2.75) is 13.0 Å². The number of esters is 1. The fourth-order valence-corrected chi connectivity index (χ4v) is 2.02. The highest BCUT2D eigenvalue weighted by Crippen LogP contribution is 2.03. The third-order valence-corrected chi connectivity index (χ3v) is 3.21. The molecule has 0 spiro atoms. The number of pyridine rings is 1. The van der Waals surface area contributed by atoms with Crippen LogP contribution >= 0.6 is 0 Å². The second-order valence-corrected chi connectivity index (χ2v) is 4.87. The first-order valence-electron chi connectivity index (χ1n) is 7.28. The third-order valence-electron chi connectivity index (χ3n) is 3.21. The number of urea groups is 1. The van der Waals surface area contributed by atoms with Crippen molar-refractivity contribution >= 4 is 12.0 Å². The van der Waals surface area contributed by atoms with Crippen LogP contribution in [-0.2, 0) is 17.7 Å². The van der Waals surface area contributed by atoms with Gasteiger partial charge in [-0.2, -0.15) is 0 Å². The molecule has 0 radical (unpaired) electrons. The number of nitrogens with one attached hydrogen (secondary N) is 2. The molecule has 0 aliphatic carbocycles. The van der Waals surface area contributed by atoms with Gasteiger partial charge in [0.1, 0.15) is 0 Å². The summed E-state index contributed by atoms with van der Waals surface area (Å²) >= 11 is 0. The lowest BCUT2D eigenvalue weighted by Crippen LogP contribution is -2.36. The molecule has 1 aromatic carbocycles. The van der Waals surface area contributed by atoms with Gasteiger partial charge in [-0.05, 0) is 24.1 Å². The van der Waals surface area contributed by atoms with Gasteiger partial charge in [-0.15, -0.1) is 0 Å². The molecule has 2 amide bonds. The summed E-state index contributed by atoms with van der Waals surface area (Å²) in [7, 11) is 1.32. The van der Waals surface area contributed by atoms with Crippen LogP contribution in [-0.4, -0.2) is 30.6 Å². The molecule has 0 saturated heterocycles. The summed E-state index contributed by atoms with van der Waals surface area (Å²) in [5, 5.41) is 5.49. The van der Waals surface area contributed by atoms with Crippen LogP contribution in [0.3, 0.4) is 0 Å². The molecule has 120 valence electrons. The van der Waals surface area contributed by atoms with Crippen LogP contribution in [0, 0.1) is 0 Å². The van der Waals surface area contributed by atoms with Crippen molar-refractivity contribution in [3.05, 3.63) is 65.5 Å². The highest BCUT2D eigenvalue weighted by Gasteiger charge is 2.07. The molecule has 1 heterocycles. The number of nitrogens with zero attached hydrogens (tertiary/aromatic N) is 1. The molecule has 0 unspecified atom stereocenters.